The first-order valence-electron chi connectivity index (χ1n) is 8.95. The predicted octanol–water partition coefficient (Wildman–Crippen LogP) is 2.28. The summed E-state index contributed by atoms with van der Waals surface area (Å²) in [6.07, 6.45) is 2.46. The molecule has 2 N–H and O–H groups in total. The highest BCUT2D eigenvalue weighted by Gasteiger charge is 2.29. The molecule has 0 amide bonds. The van der Waals surface area contributed by atoms with Gasteiger partial charge in [0.05, 0.1) is 11.4 Å². The molecule has 1 aromatic rings. The molecule has 0 spiro atoms. The van der Waals surface area contributed by atoms with Gasteiger partial charge in [-0.25, -0.2) is 17.7 Å². The van der Waals surface area contributed by atoms with Crippen LogP contribution in [0, 0.1) is 0 Å². The number of benzene rings is 1. The van der Waals surface area contributed by atoms with Gasteiger partial charge in [-0.05, 0) is 44.1 Å². The standard InChI is InChI=1S/C18H30N4O2S2/c1-5-19-17(21-14-18(2)11-8-12-25-18)20-13-15-9-6-7-10-16(15)26(23,24)22(3)4/h6-7,9-10H,5,8,11-14H2,1-4H3,(H2,19,20,21). The number of rotatable bonds is 7. The van der Waals surface area contributed by atoms with Crippen LogP contribution in [-0.2, 0) is 16.6 Å². The molecule has 0 bridgehead atoms. The van der Waals surface area contributed by atoms with Crippen molar-refractivity contribution in [3.05, 3.63) is 29.8 Å². The van der Waals surface area contributed by atoms with Gasteiger partial charge in [0.1, 0.15) is 0 Å². The van der Waals surface area contributed by atoms with Crippen LogP contribution >= 0.6 is 11.8 Å². The van der Waals surface area contributed by atoms with Gasteiger partial charge < -0.3 is 10.6 Å². The second kappa shape index (κ2) is 9.10. The highest BCUT2D eigenvalue weighted by atomic mass is 32.2. The summed E-state index contributed by atoms with van der Waals surface area (Å²) in [7, 11) is -0.398. The van der Waals surface area contributed by atoms with Crippen molar-refractivity contribution in [2.24, 2.45) is 4.99 Å². The van der Waals surface area contributed by atoms with E-state index in [0.717, 1.165) is 19.0 Å². The largest absolute Gasteiger partial charge is 0.357 e. The molecular weight excluding hydrogens is 368 g/mol. The summed E-state index contributed by atoms with van der Waals surface area (Å²) in [5.41, 5.74) is 0.694. The number of nitrogens with one attached hydrogen (secondary N) is 2. The summed E-state index contributed by atoms with van der Waals surface area (Å²) < 4.78 is 26.5. The first-order chi connectivity index (χ1) is 12.3. The first kappa shape index (κ1) is 21.1. The Bertz CT molecular complexity index is 726. The van der Waals surface area contributed by atoms with Crippen molar-refractivity contribution >= 4 is 27.7 Å². The second-order valence-electron chi connectivity index (χ2n) is 6.85. The Kier molecular flexibility index (Phi) is 7.37. The Morgan fingerprint density at radius 3 is 2.65 bits per heavy atom. The number of hydrogen-bond acceptors (Lipinski definition) is 4. The molecule has 1 fully saturated rings. The van der Waals surface area contributed by atoms with Gasteiger partial charge >= 0.3 is 0 Å². The van der Waals surface area contributed by atoms with E-state index in [1.165, 1.54) is 22.9 Å². The summed E-state index contributed by atoms with van der Waals surface area (Å²) in [6, 6.07) is 7.04. The van der Waals surface area contributed by atoms with Crippen LogP contribution in [0.5, 0.6) is 0 Å². The summed E-state index contributed by atoms with van der Waals surface area (Å²) in [5.74, 6) is 1.93. The van der Waals surface area contributed by atoms with Crippen LogP contribution < -0.4 is 10.6 Å². The normalized spacial score (nSPS) is 21.2. The molecule has 1 heterocycles. The van der Waals surface area contributed by atoms with Crippen molar-refractivity contribution in [1.29, 1.82) is 0 Å². The maximum absolute atomic E-state index is 12.5. The van der Waals surface area contributed by atoms with Gasteiger partial charge in [0, 0.05) is 31.9 Å². The van der Waals surface area contributed by atoms with Crippen molar-refractivity contribution in [1.82, 2.24) is 14.9 Å². The maximum atomic E-state index is 12.5. The fourth-order valence-electron chi connectivity index (χ4n) is 2.84. The lowest BCUT2D eigenvalue weighted by Gasteiger charge is -2.24. The number of thioether (sulfide) groups is 1. The SMILES string of the molecule is CCNC(=NCc1ccccc1S(=O)(=O)N(C)C)NCC1(C)CCCS1. The number of hydrogen-bond donors (Lipinski definition) is 2. The van der Waals surface area contributed by atoms with E-state index in [4.69, 9.17) is 0 Å². The van der Waals surface area contributed by atoms with Crippen LogP contribution in [0.1, 0.15) is 32.3 Å². The van der Waals surface area contributed by atoms with E-state index < -0.39 is 10.0 Å². The lowest BCUT2D eigenvalue weighted by Crippen LogP contribution is -2.43. The monoisotopic (exact) mass is 398 g/mol. The third-order valence-electron chi connectivity index (χ3n) is 4.41. The van der Waals surface area contributed by atoms with Gasteiger partial charge in [-0.1, -0.05) is 18.2 Å². The molecular formula is C18H30N4O2S2. The molecule has 0 radical (unpaired) electrons. The van der Waals surface area contributed by atoms with E-state index >= 15 is 0 Å². The molecule has 146 valence electrons. The molecule has 1 aromatic carbocycles. The van der Waals surface area contributed by atoms with Crippen molar-refractivity contribution in [3.8, 4) is 0 Å². The van der Waals surface area contributed by atoms with Crippen molar-refractivity contribution in [2.45, 2.75) is 42.9 Å². The van der Waals surface area contributed by atoms with Gasteiger partial charge in [0.15, 0.2) is 5.96 Å². The Morgan fingerprint density at radius 1 is 1.31 bits per heavy atom. The quantitative estimate of drug-likeness (QED) is 0.544. The van der Waals surface area contributed by atoms with Crippen LogP contribution in [0.25, 0.3) is 0 Å². The van der Waals surface area contributed by atoms with E-state index in [1.807, 2.05) is 30.8 Å². The smallest absolute Gasteiger partial charge is 0.242 e. The Hall–Kier alpha value is -1.25. The number of sulfonamides is 1. The van der Waals surface area contributed by atoms with E-state index in [-0.39, 0.29) is 4.75 Å². The van der Waals surface area contributed by atoms with Gasteiger partial charge in [0.2, 0.25) is 10.0 Å². The zero-order valence-corrected chi connectivity index (χ0v) is 17.7. The lowest BCUT2D eigenvalue weighted by molar-refractivity contribution is 0.519. The molecule has 2 rings (SSSR count). The van der Waals surface area contributed by atoms with E-state index in [2.05, 4.69) is 22.5 Å². The van der Waals surface area contributed by atoms with Gasteiger partial charge in [-0.2, -0.15) is 11.8 Å². The minimum absolute atomic E-state index is 0.238. The molecule has 1 unspecified atom stereocenters. The lowest BCUT2D eigenvalue weighted by atomic mass is 10.1. The number of nitrogens with zero attached hydrogens (tertiary/aromatic N) is 2. The highest BCUT2D eigenvalue weighted by Crippen LogP contribution is 2.36. The number of guanidine groups is 1. The Balaban J connectivity index is 2.14. The number of aliphatic imine (C=N–C) groups is 1. The molecule has 26 heavy (non-hydrogen) atoms. The third kappa shape index (κ3) is 5.37. The molecule has 0 saturated carbocycles. The fraction of sp³-hybridized carbons (Fsp3) is 0.611. The van der Waals surface area contributed by atoms with E-state index in [1.54, 1.807) is 26.2 Å². The summed E-state index contributed by atoms with van der Waals surface area (Å²) in [4.78, 5) is 4.92. The predicted molar refractivity (Wildman–Crippen MR) is 110 cm³/mol. The summed E-state index contributed by atoms with van der Waals surface area (Å²) in [6.45, 7) is 6.21. The van der Waals surface area contributed by atoms with Crippen LogP contribution in [0.15, 0.2) is 34.2 Å². The zero-order valence-electron chi connectivity index (χ0n) is 16.1. The molecule has 1 aliphatic heterocycles. The molecule has 8 heteroatoms. The van der Waals surface area contributed by atoms with Gasteiger partial charge in [-0.3, -0.25) is 0 Å². The van der Waals surface area contributed by atoms with Crippen molar-refractivity contribution in [3.63, 3.8) is 0 Å². The minimum Gasteiger partial charge on any atom is -0.357 e. The van der Waals surface area contributed by atoms with Crippen LogP contribution in [0.2, 0.25) is 0 Å². The van der Waals surface area contributed by atoms with Crippen LogP contribution in [-0.4, -0.2) is 56.4 Å². The average Bonchev–Trinajstić information content (AvgIpc) is 3.04. The zero-order chi connectivity index (χ0) is 19.2. The average molecular weight is 399 g/mol. The third-order valence-corrected chi connectivity index (χ3v) is 7.87. The van der Waals surface area contributed by atoms with Crippen molar-refractivity contribution < 1.29 is 8.42 Å². The molecule has 0 aromatic heterocycles. The topological polar surface area (TPSA) is 73.8 Å². The van der Waals surface area contributed by atoms with Gasteiger partial charge in [-0.15, -0.1) is 0 Å². The molecule has 0 aliphatic carbocycles. The maximum Gasteiger partial charge on any atom is 0.242 e. The van der Waals surface area contributed by atoms with Crippen LogP contribution in [0.3, 0.4) is 0 Å². The summed E-state index contributed by atoms with van der Waals surface area (Å²) in [5, 5.41) is 6.66. The van der Waals surface area contributed by atoms with Gasteiger partial charge in [0.25, 0.3) is 0 Å². The first-order valence-corrected chi connectivity index (χ1v) is 11.4. The van der Waals surface area contributed by atoms with Crippen molar-refractivity contribution in [2.75, 3.05) is 32.9 Å². The molecule has 1 aliphatic rings. The van der Waals surface area contributed by atoms with E-state index in [0.29, 0.717) is 17.0 Å². The molecule has 1 saturated heterocycles. The van der Waals surface area contributed by atoms with E-state index in [9.17, 15) is 8.42 Å². The minimum atomic E-state index is -3.48. The Labute approximate surface area is 161 Å². The Morgan fingerprint density at radius 2 is 2.04 bits per heavy atom. The molecule has 1 atom stereocenters. The summed E-state index contributed by atoms with van der Waals surface area (Å²) >= 11 is 2.00. The molecule has 6 nitrogen and oxygen atoms in total. The second-order valence-corrected chi connectivity index (χ2v) is 10.6. The highest BCUT2D eigenvalue weighted by molar-refractivity contribution is 8.00. The van der Waals surface area contributed by atoms with Crippen LogP contribution in [0.4, 0.5) is 0 Å². The fourth-order valence-corrected chi connectivity index (χ4v) is 5.19.